The van der Waals surface area contributed by atoms with Gasteiger partial charge < -0.3 is 19.9 Å². The molecule has 0 spiro atoms. The molecule has 2 heterocycles. The predicted octanol–water partition coefficient (Wildman–Crippen LogP) is 5.12. The third-order valence-corrected chi connectivity index (χ3v) is 9.58. The number of ether oxygens (including phenoxy) is 2. The van der Waals surface area contributed by atoms with Crippen molar-refractivity contribution in [3.05, 3.63) is 45.8 Å². The van der Waals surface area contributed by atoms with Crippen LogP contribution in [0.25, 0.3) is 0 Å². The Bertz CT molecular complexity index is 1150. The first-order valence-electron chi connectivity index (χ1n) is 13.7. The van der Waals surface area contributed by atoms with Gasteiger partial charge in [-0.2, -0.15) is 0 Å². The third-order valence-electron chi connectivity index (χ3n) is 8.37. The summed E-state index contributed by atoms with van der Waals surface area (Å²) in [6.45, 7) is 3.33. The van der Waals surface area contributed by atoms with Gasteiger partial charge in [-0.05, 0) is 63.5 Å². The number of esters is 1. The molecular weight excluding hydrogens is 488 g/mol. The molecule has 1 amide bonds. The largest absolute Gasteiger partial charge is 0.494 e. The molecule has 3 aliphatic rings. The molecule has 2 N–H and O–H groups in total. The van der Waals surface area contributed by atoms with Crippen LogP contribution >= 0.6 is 11.3 Å². The van der Waals surface area contributed by atoms with E-state index in [1.807, 2.05) is 25.1 Å². The Hall–Kier alpha value is -2.42. The second-order valence-electron chi connectivity index (χ2n) is 10.5. The molecule has 3 atom stereocenters. The van der Waals surface area contributed by atoms with E-state index in [4.69, 9.17) is 9.47 Å². The number of piperidine rings is 1. The molecule has 7 nitrogen and oxygen atoms in total. The van der Waals surface area contributed by atoms with Crippen molar-refractivity contribution in [2.45, 2.75) is 76.4 Å². The van der Waals surface area contributed by atoms with Crippen molar-refractivity contribution in [1.29, 1.82) is 0 Å². The molecule has 2 fully saturated rings. The summed E-state index contributed by atoms with van der Waals surface area (Å²) in [6, 6.07) is 7.90. The molecule has 2 aliphatic carbocycles. The van der Waals surface area contributed by atoms with Crippen molar-refractivity contribution in [1.82, 2.24) is 4.90 Å². The average Bonchev–Trinajstić information content (AvgIpc) is 3.26. The maximum Gasteiger partial charge on any atom is 0.341 e. The lowest BCUT2D eigenvalue weighted by molar-refractivity contribution is -0.135. The number of fused-ring (bicyclic) bond motifs is 2. The van der Waals surface area contributed by atoms with Crippen molar-refractivity contribution in [2.24, 2.45) is 5.92 Å². The van der Waals surface area contributed by atoms with Gasteiger partial charge in [-0.25, -0.2) is 4.79 Å². The molecule has 1 aliphatic heterocycles. The molecule has 1 saturated heterocycles. The molecule has 0 unspecified atom stereocenters. The summed E-state index contributed by atoms with van der Waals surface area (Å²) < 4.78 is 11.1. The highest BCUT2D eigenvalue weighted by Gasteiger charge is 2.49. The number of anilines is 1. The third kappa shape index (κ3) is 5.16. The van der Waals surface area contributed by atoms with Crippen molar-refractivity contribution < 1.29 is 24.2 Å². The first kappa shape index (κ1) is 26.2. The molecule has 0 radical (unpaired) electrons. The normalized spacial score (nSPS) is 25.6. The lowest BCUT2D eigenvalue weighted by Gasteiger charge is -2.52. The lowest BCUT2D eigenvalue weighted by atomic mass is 9.66. The Balaban J connectivity index is 1.43. The fourth-order valence-electron chi connectivity index (χ4n) is 6.67. The summed E-state index contributed by atoms with van der Waals surface area (Å²) in [4.78, 5) is 29.5. The van der Waals surface area contributed by atoms with E-state index in [1.165, 1.54) is 23.3 Å². The number of rotatable bonds is 7. The molecule has 5 rings (SSSR count). The second-order valence-corrected chi connectivity index (χ2v) is 11.7. The number of para-hydroxylation sites is 1. The monoisotopic (exact) mass is 526 g/mol. The van der Waals surface area contributed by atoms with Crippen molar-refractivity contribution in [2.75, 3.05) is 32.1 Å². The van der Waals surface area contributed by atoms with Crippen LogP contribution in [0.2, 0.25) is 0 Å². The van der Waals surface area contributed by atoms with E-state index in [2.05, 4.69) is 16.3 Å². The van der Waals surface area contributed by atoms with Crippen LogP contribution in [0, 0.1) is 5.92 Å². The number of hydrogen-bond donors (Lipinski definition) is 2. The van der Waals surface area contributed by atoms with Gasteiger partial charge >= 0.3 is 5.97 Å². The highest BCUT2D eigenvalue weighted by atomic mass is 32.1. The summed E-state index contributed by atoms with van der Waals surface area (Å²) in [5.41, 5.74) is 1.87. The zero-order chi connectivity index (χ0) is 26.0. The van der Waals surface area contributed by atoms with Crippen molar-refractivity contribution in [3.63, 3.8) is 0 Å². The standard InChI is InChI=1S/C29H38N2O5S/c1-3-36-22-13-6-4-10-19(22)26-21-12-8-9-15-29(21,34)16-17-31(26)18-24(32)30-27-25(28(33)35-2)20-11-5-7-14-23(20)37-27/h4,6,10,13,21,26,34H,3,5,7-9,11-12,14-18H2,1-2H3,(H,30,32)/t21-,26-,29-/m1/s1. The summed E-state index contributed by atoms with van der Waals surface area (Å²) in [5, 5.41) is 15.3. The zero-order valence-corrected chi connectivity index (χ0v) is 22.7. The maximum absolute atomic E-state index is 13.5. The van der Waals surface area contributed by atoms with E-state index >= 15 is 0 Å². The summed E-state index contributed by atoms with van der Waals surface area (Å²) in [7, 11) is 1.39. The van der Waals surface area contributed by atoms with Crippen molar-refractivity contribution in [3.8, 4) is 5.75 Å². The van der Waals surface area contributed by atoms with Gasteiger partial charge in [0.15, 0.2) is 0 Å². The number of aliphatic hydroxyl groups is 1. The van der Waals surface area contributed by atoms with E-state index in [0.29, 0.717) is 30.1 Å². The number of amides is 1. The van der Waals surface area contributed by atoms with E-state index in [9.17, 15) is 14.7 Å². The molecule has 1 saturated carbocycles. The van der Waals surface area contributed by atoms with Gasteiger partial charge in [-0.15, -0.1) is 11.3 Å². The molecular formula is C29H38N2O5S. The molecule has 8 heteroatoms. The van der Waals surface area contributed by atoms with Gasteiger partial charge in [-0.1, -0.05) is 31.0 Å². The Morgan fingerprint density at radius 3 is 2.78 bits per heavy atom. The Morgan fingerprint density at radius 2 is 1.97 bits per heavy atom. The van der Waals surface area contributed by atoms with Crippen LogP contribution < -0.4 is 10.1 Å². The van der Waals surface area contributed by atoms with E-state index in [-0.39, 0.29) is 30.4 Å². The summed E-state index contributed by atoms with van der Waals surface area (Å²) in [5.74, 6) is 0.311. The molecule has 1 aromatic heterocycles. The minimum Gasteiger partial charge on any atom is -0.494 e. The molecule has 2 aromatic rings. The molecule has 0 bridgehead atoms. The quantitative estimate of drug-likeness (QED) is 0.487. The molecule has 37 heavy (non-hydrogen) atoms. The Kier molecular flexibility index (Phi) is 7.88. The van der Waals surface area contributed by atoms with Crippen LogP contribution in [0.15, 0.2) is 24.3 Å². The topological polar surface area (TPSA) is 88.1 Å². The predicted molar refractivity (Wildman–Crippen MR) is 144 cm³/mol. The highest BCUT2D eigenvalue weighted by molar-refractivity contribution is 7.17. The first-order chi connectivity index (χ1) is 17.9. The number of carbonyl (C=O) groups is 2. The number of benzene rings is 1. The van der Waals surface area contributed by atoms with Crippen LogP contribution in [0.4, 0.5) is 5.00 Å². The van der Waals surface area contributed by atoms with E-state index in [1.54, 1.807) is 0 Å². The van der Waals surface area contributed by atoms with Gasteiger partial charge in [-0.3, -0.25) is 9.69 Å². The number of hydrogen-bond acceptors (Lipinski definition) is 7. The fourth-order valence-corrected chi connectivity index (χ4v) is 7.96. The zero-order valence-electron chi connectivity index (χ0n) is 21.9. The maximum atomic E-state index is 13.5. The number of methoxy groups -OCH3 is 1. The number of nitrogens with zero attached hydrogens (tertiary/aromatic N) is 1. The van der Waals surface area contributed by atoms with E-state index in [0.717, 1.165) is 68.2 Å². The number of carbonyl (C=O) groups excluding carboxylic acids is 2. The number of likely N-dealkylation sites (tertiary alicyclic amines) is 1. The Labute approximate surface area is 223 Å². The van der Waals surface area contributed by atoms with Gasteiger partial charge in [0.25, 0.3) is 0 Å². The van der Waals surface area contributed by atoms with Gasteiger partial charge in [0.2, 0.25) is 5.91 Å². The molecule has 1 aromatic carbocycles. The van der Waals surface area contributed by atoms with Crippen LogP contribution in [0.1, 0.15) is 84.3 Å². The number of thiophene rings is 1. The van der Waals surface area contributed by atoms with Gasteiger partial charge in [0, 0.05) is 28.9 Å². The van der Waals surface area contributed by atoms with Gasteiger partial charge in [0.1, 0.15) is 10.8 Å². The van der Waals surface area contributed by atoms with Gasteiger partial charge in [0.05, 0.1) is 31.4 Å². The Morgan fingerprint density at radius 1 is 1.16 bits per heavy atom. The lowest BCUT2D eigenvalue weighted by Crippen LogP contribution is -2.56. The van der Waals surface area contributed by atoms with E-state index < -0.39 is 5.60 Å². The number of nitrogens with one attached hydrogen (secondary N) is 1. The van der Waals surface area contributed by atoms with Crippen LogP contribution in [0.5, 0.6) is 5.75 Å². The highest BCUT2D eigenvalue weighted by Crippen LogP contribution is 2.50. The number of aryl methyl sites for hydroxylation is 1. The summed E-state index contributed by atoms with van der Waals surface area (Å²) in [6.07, 6.45) is 8.39. The second kappa shape index (κ2) is 11.1. The summed E-state index contributed by atoms with van der Waals surface area (Å²) >= 11 is 1.51. The first-order valence-corrected chi connectivity index (χ1v) is 14.5. The SMILES string of the molecule is CCOc1ccccc1[C@@H]1[C@H]2CCCC[C@@]2(O)CCN1CC(=O)Nc1sc2c(c1C(=O)OC)CCCC2. The van der Waals surface area contributed by atoms with Crippen molar-refractivity contribution >= 4 is 28.2 Å². The van der Waals surface area contributed by atoms with Crippen LogP contribution in [-0.4, -0.2) is 54.3 Å². The fraction of sp³-hybridized carbons (Fsp3) is 0.586. The van der Waals surface area contributed by atoms with Crippen LogP contribution in [0.3, 0.4) is 0 Å². The van der Waals surface area contributed by atoms with Crippen LogP contribution in [-0.2, 0) is 22.4 Å². The minimum atomic E-state index is -0.722. The smallest absolute Gasteiger partial charge is 0.341 e. The average molecular weight is 527 g/mol. The minimum absolute atomic E-state index is 0.0316. The molecule has 200 valence electrons.